The van der Waals surface area contributed by atoms with Crippen LogP contribution in [0.5, 0.6) is 0 Å². The zero-order chi connectivity index (χ0) is 20.8. The van der Waals surface area contributed by atoms with Crippen molar-refractivity contribution in [3.8, 4) is 0 Å². The molecule has 30 heavy (non-hydrogen) atoms. The van der Waals surface area contributed by atoms with Crippen LogP contribution in [0, 0.1) is 5.92 Å². The Morgan fingerprint density at radius 3 is 2.57 bits per heavy atom. The number of likely N-dealkylation sites (tertiary alicyclic amines) is 3. The Bertz CT molecular complexity index is 695. The second kappa shape index (κ2) is 10.8. The molecule has 1 unspecified atom stereocenters. The van der Waals surface area contributed by atoms with E-state index in [0.29, 0.717) is 5.92 Å². The lowest BCUT2D eigenvalue weighted by molar-refractivity contribution is 0.180. The maximum Gasteiger partial charge on any atom is 0.193 e. The molecule has 0 radical (unpaired) electrons. The van der Waals surface area contributed by atoms with Crippen molar-refractivity contribution < 1.29 is 0 Å². The van der Waals surface area contributed by atoms with Crippen LogP contribution in [0.4, 0.5) is 0 Å². The van der Waals surface area contributed by atoms with Crippen LogP contribution in [0.1, 0.15) is 44.6 Å². The van der Waals surface area contributed by atoms with Crippen molar-refractivity contribution >= 4 is 17.6 Å². The van der Waals surface area contributed by atoms with E-state index < -0.39 is 0 Å². The number of aliphatic imine (C=N–C) groups is 1. The Morgan fingerprint density at radius 2 is 1.83 bits per heavy atom. The van der Waals surface area contributed by atoms with Gasteiger partial charge in [0.25, 0.3) is 0 Å². The molecule has 1 atom stereocenters. The second-order valence-corrected chi connectivity index (χ2v) is 9.54. The average molecular weight is 432 g/mol. The van der Waals surface area contributed by atoms with Crippen LogP contribution in [-0.2, 0) is 6.54 Å². The standard InChI is InChI=1S/C24H38ClN5/c1-2-26-24(30-16-11-22(19-30)29-12-5-6-13-29)27-17-20-9-14-28(15-10-20)18-21-7-3-4-8-23(21)25/h3-4,7-8,20,22H,2,5-6,9-19H2,1H3,(H,26,27). The number of benzene rings is 1. The summed E-state index contributed by atoms with van der Waals surface area (Å²) in [6.07, 6.45) is 6.48. The quantitative estimate of drug-likeness (QED) is 0.550. The molecular weight excluding hydrogens is 394 g/mol. The first-order valence-electron chi connectivity index (χ1n) is 12.0. The molecule has 1 aromatic rings. The lowest BCUT2D eigenvalue weighted by atomic mass is 9.96. The Balaban J connectivity index is 1.25. The van der Waals surface area contributed by atoms with Gasteiger partial charge in [0.2, 0.25) is 0 Å². The van der Waals surface area contributed by atoms with Crippen LogP contribution in [0.25, 0.3) is 0 Å². The number of nitrogens with zero attached hydrogens (tertiary/aromatic N) is 4. The summed E-state index contributed by atoms with van der Waals surface area (Å²) < 4.78 is 0. The maximum absolute atomic E-state index is 6.34. The van der Waals surface area contributed by atoms with Crippen LogP contribution < -0.4 is 5.32 Å². The predicted octanol–water partition coefficient (Wildman–Crippen LogP) is 3.69. The second-order valence-electron chi connectivity index (χ2n) is 9.14. The fourth-order valence-electron chi connectivity index (χ4n) is 5.18. The average Bonchev–Trinajstić information content (AvgIpc) is 3.46. The molecule has 3 aliphatic rings. The largest absolute Gasteiger partial charge is 0.357 e. The van der Waals surface area contributed by atoms with Crippen LogP contribution in [0.15, 0.2) is 29.3 Å². The van der Waals surface area contributed by atoms with Gasteiger partial charge in [0.1, 0.15) is 0 Å². The summed E-state index contributed by atoms with van der Waals surface area (Å²) in [5, 5.41) is 4.44. The molecule has 1 aromatic carbocycles. The van der Waals surface area contributed by atoms with Crippen molar-refractivity contribution in [3.05, 3.63) is 34.9 Å². The van der Waals surface area contributed by atoms with Gasteiger partial charge in [-0.25, -0.2) is 0 Å². The van der Waals surface area contributed by atoms with Gasteiger partial charge in [0, 0.05) is 43.8 Å². The smallest absolute Gasteiger partial charge is 0.193 e. The first-order valence-corrected chi connectivity index (χ1v) is 12.3. The molecule has 6 heteroatoms. The van der Waals surface area contributed by atoms with Crippen molar-refractivity contribution in [1.29, 1.82) is 0 Å². The number of halogens is 1. The van der Waals surface area contributed by atoms with Crippen LogP contribution in [-0.4, -0.2) is 79.1 Å². The fourth-order valence-corrected chi connectivity index (χ4v) is 5.37. The maximum atomic E-state index is 6.34. The normalized spacial score (nSPS) is 24.7. The number of hydrogen-bond acceptors (Lipinski definition) is 3. The molecule has 0 bridgehead atoms. The minimum absolute atomic E-state index is 0.693. The molecule has 3 heterocycles. The molecule has 0 aromatic heterocycles. The van der Waals surface area contributed by atoms with E-state index in [9.17, 15) is 0 Å². The van der Waals surface area contributed by atoms with E-state index in [1.165, 1.54) is 50.8 Å². The number of hydrogen-bond donors (Lipinski definition) is 1. The highest BCUT2D eigenvalue weighted by Crippen LogP contribution is 2.23. The molecule has 4 rings (SSSR count). The van der Waals surface area contributed by atoms with E-state index in [4.69, 9.17) is 16.6 Å². The highest BCUT2D eigenvalue weighted by Gasteiger charge is 2.30. The SMILES string of the molecule is CCNC(=NCC1CCN(Cc2ccccc2Cl)CC1)N1CCC(N2CCCC2)C1. The molecule has 0 amide bonds. The Labute approximate surface area is 187 Å². The monoisotopic (exact) mass is 431 g/mol. The third-order valence-corrected chi connectivity index (χ3v) is 7.38. The fraction of sp³-hybridized carbons (Fsp3) is 0.708. The molecule has 166 valence electrons. The van der Waals surface area contributed by atoms with Gasteiger partial charge in [-0.1, -0.05) is 29.8 Å². The Kier molecular flexibility index (Phi) is 7.91. The summed E-state index contributed by atoms with van der Waals surface area (Å²) >= 11 is 6.34. The van der Waals surface area contributed by atoms with E-state index in [-0.39, 0.29) is 0 Å². The van der Waals surface area contributed by atoms with E-state index in [2.05, 4.69) is 39.1 Å². The molecule has 5 nitrogen and oxygen atoms in total. The molecule has 0 spiro atoms. The minimum atomic E-state index is 0.693. The number of nitrogens with one attached hydrogen (secondary N) is 1. The summed E-state index contributed by atoms with van der Waals surface area (Å²) in [6.45, 7) is 12.2. The highest BCUT2D eigenvalue weighted by molar-refractivity contribution is 6.31. The first kappa shape index (κ1) is 21.9. The zero-order valence-electron chi connectivity index (χ0n) is 18.5. The van der Waals surface area contributed by atoms with Gasteiger partial charge < -0.3 is 10.2 Å². The van der Waals surface area contributed by atoms with E-state index in [1.807, 2.05) is 12.1 Å². The van der Waals surface area contributed by atoms with E-state index in [0.717, 1.165) is 62.8 Å². The van der Waals surface area contributed by atoms with Crippen molar-refractivity contribution in [2.75, 3.05) is 52.4 Å². The molecule has 3 aliphatic heterocycles. The highest BCUT2D eigenvalue weighted by atomic mass is 35.5. The molecule has 0 aliphatic carbocycles. The van der Waals surface area contributed by atoms with Gasteiger partial charge in [0.05, 0.1) is 0 Å². The summed E-state index contributed by atoms with van der Waals surface area (Å²) in [7, 11) is 0. The summed E-state index contributed by atoms with van der Waals surface area (Å²) in [5.41, 5.74) is 1.24. The summed E-state index contributed by atoms with van der Waals surface area (Å²) in [4.78, 5) is 12.8. The molecule has 0 saturated carbocycles. The third kappa shape index (κ3) is 5.68. The third-order valence-electron chi connectivity index (χ3n) is 7.01. The summed E-state index contributed by atoms with van der Waals surface area (Å²) in [5.74, 6) is 1.83. The number of rotatable bonds is 6. The Morgan fingerprint density at radius 1 is 1.07 bits per heavy atom. The first-order chi connectivity index (χ1) is 14.7. The van der Waals surface area contributed by atoms with Crippen molar-refractivity contribution in [2.45, 2.75) is 51.6 Å². The van der Waals surface area contributed by atoms with Crippen LogP contribution >= 0.6 is 11.6 Å². The van der Waals surface area contributed by atoms with Crippen molar-refractivity contribution in [2.24, 2.45) is 10.9 Å². The van der Waals surface area contributed by atoms with Gasteiger partial charge >= 0.3 is 0 Å². The zero-order valence-corrected chi connectivity index (χ0v) is 19.3. The number of piperidine rings is 1. The minimum Gasteiger partial charge on any atom is -0.357 e. The van der Waals surface area contributed by atoms with Crippen LogP contribution in [0.2, 0.25) is 5.02 Å². The molecule has 3 fully saturated rings. The van der Waals surface area contributed by atoms with Gasteiger partial charge in [-0.05, 0) is 82.8 Å². The van der Waals surface area contributed by atoms with Gasteiger partial charge in [0.15, 0.2) is 5.96 Å². The molecule has 1 N–H and O–H groups in total. The lowest BCUT2D eigenvalue weighted by Gasteiger charge is -2.32. The Hall–Kier alpha value is -1.30. The topological polar surface area (TPSA) is 34.1 Å². The van der Waals surface area contributed by atoms with Gasteiger partial charge in [-0.2, -0.15) is 0 Å². The molecular formula is C24H38ClN5. The van der Waals surface area contributed by atoms with Gasteiger partial charge in [-0.15, -0.1) is 0 Å². The lowest BCUT2D eigenvalue weighted by Crippen LogP contribution is -2.43. The van der Waals surface area contributed by atoms with Crippen molar-refractivity contribution in [1.82, 2.24) is 20.0 Å². The van der Waals surface area contributed by atoms with Crippen molar-refractivity contribution in [3.63, 3.8) is 0 Å². The van der Waals surface area contributed by atoms with Gasteiger partial charge in [-0.3, -0.25) is 14.8 Å². The van der Waals surface area contributed by atoms with Crippen LogP contribution in [0.3, 0.4) is 0 Å². The molecule has 3 saturated heterocycles. The van der Waals surface area contributed by atoms with E-state index >= 15 is 0 Å². The number of guanidine groups is 1. The predicted molar refractivity (Wildman–Crippen MR) is 126 cm³/mol. The summed E-state index contributed by atoms with van der Waals surface area (Å²) in [6, 6.07) is 8.95. The van der Waals surface area contributed by atoms with E-state index in [1.54, 1.807) is 0 Å².